The van der Waals surface area contributed by atoms with E-state index in [-0.39, 0.29) is 5.56 Å². The van der Waals surface area contributed by atoms with E-state index in [9.17, 15) is 4.79 Å². The third-order valence-corrected chi connectivity index (χ3v) is 6.45. The number of piperidine rings is 1. The summed E-state index contributed by atoms with van der Waals surface area (Å²) in [7, 11) is 2.22. The van der Waals surface area contributed by atoms with Gasteiger partial charge in [-0.15, -0.1) is 0 Å². The van der Waals surface area contributed by atoms with Gasteiger partial charge >= 0.3 is 0 Å². The summed E-state index contributed by atoms with van der Waals surface area (Å²) in [4.78, 5) is 25.0. The van der Waals surface area contributed by atoms with Crippen LogP contribution in [0.4, 0.5) is 0 Å². The van der Waals surface area contributed by atoms with Crippen LogP contribution in [0.15, 0.2) is 52.5 Å². The molecular weight excluding hydrogens is 368 g/mol. The summed E-state index contributed by atoms with van der Waals surface area (Å²) in [6, 6.07) is 12.1. The number of pyridine rings is 1. The number of nitrogens with zero attached hydrogens (tertiary/aromatic N) is 4. The molecule has 6 heteroatoms. The largest absolute Gasteiger partial charge is 0.303 e. The number of benzene rings is 1. The fourth-order valence-corrected chi connectivity index (χ4v) is 4.89. The number of rotatable bonds is 5. The molecule has 3 aromatic rings. The Morgan fingerprint density at radius 3 is 2.89 bits per heavy atom. The molecule has 0 bridgehead atoms. The van der Waals surface area contributed by atoms with E-state index in [2.05, 4.69) is 16.9 Å². The maximum atomic E-state index is 13.2. The molecule has 1 unspecified atom stereocenters. The van der Waals surface area contributed by atoms with Crippen molar-refractivity contribution in [1.29, 1.82) is 0 Å². The maximum Gasteiger partial charge on any atom is 0.267 e. The molecule has 146 valence electrons. The molecule has 5 nitrogen and oxygen atoms in total. The topological polar surface area (TPSA) is 51.0 Å². The minimum Gasteiger partial charge on any atom is -0.303 e. The van der Waals surface area contributed by atoms with Gasteiger partial charge in [-0.25, -0.2) is 14.5 Å². The Hall–Kier alpha value is -2.18. The highest BCUT2D eigenvalue weighted by molar-refractivity contribution is 7.99. The maximum absolute atomic E-state index is 13.2. The molecule has 3 heterocycles. The zero-order chi connectivity index (χ0) is 19.5. The van der Waals surface area contributed by atoms with Gasteiger partial charge in [-0.1, -0.05) is 30.3 Å². The van der Waals surface area contributed by atoms with Gasteiger partial charge in [0.05, 0.1) is 10.9 Å². The van der Waals surface area contributed by atoms with Gasteiger partial charge in [0.25, 0.3) is 5.56 Å². The van der Waals surface area contributed by atoms with Gasteiger partial charge in [0.1, 0.15) is 5.82 Å². The fourth-order valence-electron chi connectivity index (χ4n) is 3.85. The van der Waals surface area contributed by atoms with E-state index in [4.69, 9.17) is 4.98 Å². The first kappa shape index (κ1) is 19.2. The first-order chi connectivity index (χ1) is 13.6. The highest BCUT2D eigenvalue weighted by atomic mass is 32.2. The molecule has 1 fully saturated rings. The van der Waals surface area contributed by atoms with E-state index in [1.54, 1.807) is 22.5 Å². The Balaban J connectivity index is 1.67. The molecule has 0 amide bonds. The standard InChI is InChI=1S/C22H26N4OS/c1-16-10-12-23-20(15-16)26-21(27)18-8-3-4-9-19(18)24-22(26)28-14-11-17-7-5-6-13-25(17)2/h3-4,8-10,12,15,17H,5-7,11,13-14H2,1-2H3. The van der Waals surface area contributed by atoms with Crippen LogP contribution in [-0.4, -0.2) is 44.8 Å². The Morgan fingerprint density at radius 1 is 1.21 bits per heavy atom. The van der Waals surface area contributed by atoms with Crippen LogP contribution in [-0.2, 0) is 0 Å². The summed E-state index contributed by atoms with van der Waals surface area (Å²) >= 11 is 1.66. The van der Waals surface area contributed by atoms with Crippen LogP contribution in [0.25, 0.3) is 16.7 Å². The number of fused-ring (bicyclic) bond motifs is 1. The molecule has 2 aromatic heterocycles. The average Bonchev–Trinajstić information content (AvgIpc) is 2.70. The fraction of sp³-hybridized carbons (Fsp3) is 0.409. The third-order valence-electron chi connectivity index (χ3n) is 5.48. The lowest BCUT2D eigenvalue weighted by Gasteiger charge is -2.32. The Labute approximate surface area is 169 Å². The summed E-state index contributed by atoms with van der Waals surface area (Å²) < 4.78 is 1.67. The van der Waals surface area contributed by atoms with Crippen molar-refractivity contribution in [3.63, 3.8) is 0 Å². The first-order valence-electron chi connectivity index (χ1n) is 9.91. The first-order valence-corrected chi connectivity index (χ1v) is 10.9. The SMILES string of the molecule is Cc1ccnc(-n2c(SCCC3CCCCN3C)nc3ccccc3c2=O)c1. The normalized spacial score (nSPS) is 17.9. The molecule has 1 atom stereocenters. The number of para-hydroxylation sites is 1. The number of aromatic nitrogens is 3. The van der Waals surface area contributed by atoms with Gasteiger partial charge in [-0.3, -0.25) is 4.79 Å². The molecule has 0 spiro atoms. The van der Waals surface area contributed by atoms with Crippen molar-refractivity contribution in [2.45, 2.75) is 43.8 Å². The van der Waals surface area contributed by atoms with Crippen LogP contribution < -0.4 is 5.56 Å². The predicted octanol–water partition coefficient (Wildman–Crippen LogP) is 4.06. The van der Waals surface area contributed by atoms with Crippen LogP contribution in [0.5, 0.6) is 0 Å². The molecule has 28 heavy (non-hydrogen) atoms. The molecule has 1 aliphatic rings. The highest BCUT2D eigenvalue weighted by Crippen LogP contribution is 2.25. The highest BCUT2D eigenvalue weighted by Gasteiger charge is 2.20. The summed E-state index contributed by atoms with van der Waals surface area (Å²) in [5.41, 5.74) is 1.76. The van der Waals surface area contributed by atoms with Crippen LogP contribution in [0.3, 0.4) is 0 Å². The molecule has 4 rings (SSSR count). The van der Waals surface area contributed by atoms with Crippen molar-refractivity contribution in [1.82, 2.24) is 19.4 Å². The Bertz CT molecular complexity index is 1030. The second-order valence-corrected chi connectivity index (χ2v) is 8.57. The zero-order valence-corrected chi connectivity index (χ0v) is 17.3. The lowest BCUT2D eigenvalue weighted by atomic mass is 10.0. The molecule has 0 saturated carbocycles. The molecule has 1 aliphatic heterocycles. The van der Waals surface area contributed by atoms with E-state index >= 15 is 0 Å². The Kier molecular flexibility index (Phi) is 5.78. The van der Waals surface area contributed by atoms with Crippen molar-refractivity contribution >= 4 is 22.7 Å². The van der Waals surface area contributed by atoms with Gasteiger partial charge in [0.2, 0.25) is 0 Å². The average molecular weight is 395 g/mol. The third kappa shape index (κ3) is 3.98. The van der Waals surface area contributed by atoms with Crippen molar-refractivity contribution in [3.05, 3.63) is 58.5 Å². The minimum absolute atomic E-state index is 0.0546. The van der Waals surface area contributed by atoms with Gasteiger partial charge in [0.15, 0.2) is 5.16 Å². The zero-order valence-electron chi connectivity index (χ0n) is 16.5. The van der Waals surface area contributed by atoms with Crippen molar-refractivity contribution in [3.8, 4) is 5.82 Å². The monoisotopic (exact) mass is 394 g/mol. The van der Waals surface area contributed by atoms with Crippen molar-refractivity contribution < 1.29 is 0 Å². The molecule has 0 radical (unpaired) electrons. The van der Waals surface area contributed by atoms with Crippen LogP contribution in [0.1, 0.15) is 31.2 Å². The summed E-state index contributed by atoms with van der Waals surface area (Å²) in [6.45, 7) is 3.19. The van der Waals surface area contributed by atoms with Crippen LogP contribution >= 0.6 is 11.8 Å². The quantitative estimate of drug-likeness (QED) is 0.483. The van der Waals surface area contributed by atoms with Gasteiger partial charge in [-0.05, 0) is 69.6 Å². The van der Waals surface area contributed by atoms with Crippen LogP contribution in [0, 0.1) is 6.92 Å². The number of hydrogen-bond donors (Lipinski definition) is 0. The number of aryl methyl sites for hydroxylation is 1. The second-order valence-electron chi connectivity index (χ2n) is 7.51. The predicted molar refractivity (Wildman–Crippen MR) is 115 cm³/mol. The molecule has 1 saturated heterocycles. The van der Waals surface area contributed by atoms with Crippen molar-refractivity contribution in [2.24, 2.45) is 0 Å². The van der Waals surface area contributed by atoms with E-state index in [1.165, 1.54) is 25.8 Å². The van der Waals surface area contributed by atoms with E-state index < -0.39 is 0 Å². The molecule has 0 N–H and O–H groups in total. The van der Waals surface area contributed by atoms with Crippen molar-refractivity contribution in [2.75, 3.05) is 19.3 Å². The van der Waals surface area contributed by atoms with Crippen LogP contribution in [0.2, 0.25) is 0 Å². The summed E-state index contributed by atoms with van der Waals surface area (Å²) in [6.07, 6.45) is 6.72. The van der Waals surface area contributed by atoms with E-state index in [1.807, 2.05) is 43.3 Å². The van der Waals surface area contributed by atoms with Gasteiger partial charge in [-0.2, -0.15) is 0 Å². The summed E-state index contributed by atoms with van der Waals surface area (Å²) in [5, 5.41) is 1.35. The Morgan fingerprint density at radius 2 is 2.07 bits per heavy atom. The molecule has 1 aromatic carbocycles. The van der Waals surface area contributed by atoms with E-state index in [0.717, 1.165) is 28.4 Å². The second kappa shape index (κ2) is 8.45. The minimum atomic E-state index is -0.0546. The summed E-state index contributed by atoms with van der Waals surface area (Å²) in [5.74, 6) is 1.58. The number of hydrogen-bond acceptors (Lipinski definition) is 5. The molecular formula is C22H26N4OS. The van der Waals surface area contributed by atoms with E-state index in [0.29, 0.717) is 17.2 Å². The van der Waals surface area contributed by atoms with Gasteiger partial charge < -0.3 is 4.90 Å². The van der Waals surface area contributed by atoms with Gasteiger partial charge in [0, 0.05) is 18.0 Å². The number of likely N-dealkylation sites (tertiary alicyclic amines) is 1. The lowest BCUT2D eigenvalue weighted by molar-refractivity contribution is 0.182. The lowest BCUT2D eigenvalue weighted by Crippen LogP contribution is -2.36. The number of thioether (sulfide) groups is 1. The smallest absolute Gasteiger partial charge is 0.267 e. The molecule has 0 aliphatic carbocycles.